The van der Waals surface area contributed by atoms with Crippen LogP contribution in [0.3, 0.4) is 0 Å². The van der Waals surface area contributed by atoms with E-state index in [0.717, 1.165) is 26.8 Å². The first-order valence-electron chi connectivity index (χ1n) is 8.21. The molecule has 1 aromatic carbocycles. The van der Waals surface area contributed by atoms with E-state index in [4.69, 9.17) is 0 Å². The number of fused-ring (bicyclic) bond motifs is 1. The van der Waals surface area contributed by atoms with Gasteiger partial charge < -0.3 is 4.90 Å². The van der Waals surface area contributed by atoms with Crippen LogP contribution in [0.2, 0.25) is 0 Å². The average Bonchev–Trinajstić information content (AvgIpc) is 2.99. The molecule has 0 saturated heterocycles. The van der Waals surface area contributed by atoms with Crippen LogP contribution in [-0.4, -0.2) is 32.6 Å². The van der Waals surface area contributed by atoms with Gasteiger partial charge in [-0.25, -0.2) is 9.67 Å². The van der Waals surface area contributed by atoms with E-state index in [9.17, 15) is 4.79 Å². The van der Waals surface area contributed by atoms with E-state index < -0.39 is 0 Å². The van der Waals surface area contributed by atoms with Gasteiger partial charge in [0, 0.05) is 29.8 Å². The van der Waals surface area contributed by atoms with Crippen molar-refractivity contribution in [3.05, 3.63) is 57.8 Å². The molecule has 5 nitrogen and oxygen atoms in total. The Hall–Kier alpha value is -2.21. The Labute approximate surface area is 155 Å². The lowest BCUT2D eigenvalue weighted by atomic mass is 10.1. The Morgan fingerprint density at radius 1 is 1.28 bits per heavy atom. The van der Waals surface area contributed by atoms with Crippen molar-refractivity contribution in [1.29, 1.82) is 0 Å². The molecule has 0 N–H and O–H groups in total. The molecule has 0 aliphatic heterocycles. The zero-order valence-corrected chi connectivity index (χ0v) is 16.4. The third kappa shape index (κ3) is 3.58. The lowest BCUT2D eigenvalue weighted by Gasteiger charge is -2.18. The number of aryl methyl sites for hydroxylation is 1. The minimum Gasteiger partial charge on any atom is -0.337 e. The molecule has 6 heteroatoms. The highest BCUT2D eigenvalue weighted by Crippen LogP contribution is 2.22. The Bertz CT molecular complexity index is 915. The predicted octanol–water partition coefficient (Wildman–Crippen LogP) is 4.36. The Morgan fingerprint density at radius 3 is 2.60 bits per heavy atom. The zero-order chi connectivity index (χ0) is 18.1. The van der Waals surface area contributed by atoms with Crippen LogP contribution >= 0.6 is 15.9 Å². The first kappa shape index (κ1) is 17.6. The number of carbonyl (C=O) groups excluding carboxylic acids is 1. The SMILES string of the molecule is Cc1cc(C(=O)N(C)Cc2ccc(Br)cc2)c2cnn(C(C)C)c2n1. The smallest absolute Gasteiger partial charge is 0.254 e. The van der Waals surface area contributed by atoms with E-state index in [1.807, 2.05) is 49.0 Å². The summed E-state index contributed by atoms with van der Waals surface area (Å²) in [5.41, 5.74) is 3.30. The van der Waals surface area contributed by atoms with Gasteiger partial charge in [0.1, 0.15) is 0 Å². The normalized spacial score (nSPS) is 11.3. The third-order valence-electron chi connectivity index (χ3n) is 4.09. The summed E-state index contributed by atoms with van der Waals surface area (Å²) in [7, 11) is 1.82. The van der Waals surface area contributed by atoms with Crippen molar-refractivity contribution in [3.63, 3.8) is 0 Å². The molecular weight excluding hydrogens is 380 g/mol. The molecule has 0 radical (unpaired) electrons. The molecule has 0 spiro atoms. The van der Waals surface area contributed by atoms with E-state index in [1.54, 1.807) is 11.1 Å². The Kier molecular flexibility index (Phi) is 4.90. The van der Waals surface area contributed by atoms with Gasteiger partial charge in [0.25, 0.3) is 5.91 Å². The van der Waals surface area contributed by atoms with Crippen LogP contribution in [0.1, 0.15) is 41.5 Å². The molecule has 3 rings (SSSR count). The van der Waals surface area contributed by atoms with Crippen molar-refractivity contribution < 1.29 is 4.79 Å². The fourth-order valence-corrected chi connectivity index (χ4v) is 3.10. The Morgan fingerprint density at radius 2 is 1.96 bits per heavy atom. The summed E-state index contributed by atoms with van der Waals surface area (Å²) < 4.78 is 2.88. The van der Waals surface area contributed by atoms with Gasteiger partial charge in [-0.15, -0.1) is 0 Å². The topological polar surface area (TPSA) is 51.0 Å². The number of amides is 1. The number of hydrogen-bond donors (Lipinski definition) is 0. The number of hydrogen-bond acceptors (Lipinski definition) is 3. The van der Waals surface area contributed by atoms with Crippen molar-refractivity contribution in [2.75, 3.05) is 7.05 Å². The molecule has 130 valence electrons. The molecular formula is C19H21BrN4O. The molecule has 2 heterocycles. The summed E-state index contributed by atoms with van der Waals surface area (Å²) >= 11 is 3.43. The van der Waals surface area contributed by atoms with E-state index in [1.165, 1.54) is 0 Å². The Balaban J connectivity index is 1.94. The second kappa shape index (κ2) is 6.96. The fourth-order valence-electron chi connectivity index (χ4n) is 2.84. The quantitative estimate of drug-likeness (QED) is 0.653. The van der Waals surface area contributed by atoms with Crippen LogP contribution < -0.4 is 0 Å². The maximum Gasteiger partial charge on any atom is 0.254 e. The molecule has 0 saturated carbocycles. The van der Waals surface area contributed by atoms with Gasteiger partial charge >= 0.3 is 0 Å². The van der Waals surface area contributed by atoms with E-state index in [-0.39, 0.29) is 11.9 Å². The van der Waals surface area contributed by atoms with Crippen molar-refractivity contribution in [2.24, 2.45) is 0 Å². The first-order chi connectivity index (χ1) is 11.9. The van der Waals surface area contributed by atoms with Gasteiger partial charge in [0.05, 0.1) is 17.1 Å². The van der Waals surface area contributed by atoms with Gasteiger partial charge in [-0.05, 0) is 44.5 Å². The van der Waals surface area contributed by atoms with Crippen molar-refractivity contribution in [1.82, 2.24) is 19.7 Å². The number of aromatic nitrogens is 3. The zero-order valence-electron chi connectivity index (χ0n) is 14.8. The van der Waals surface area contributed by atoms with Crippen LogP contribution in [0.4, 0.5) is 0 Å². The van der Waals surface area contributed by atoms with Crippen molar-refractivity contribution >= 4 is 32.9 Å². The molecule has 0 aliphatic carbocycles. The molecule has 0 bridgehead atoms. The lowest BCUT2D eigenvalue weighted by molar-refractivity contribution is 0.0787. The monoisotopic (exact) mass is 400 g/mol. The maximum absolute atomic E-state index is 13.0. The fraction of sp³-hybridized carbons (Fsp3) is 0.316. The largest absolute Gasteiger partial charge is 0.337 e. The molecule has 0 unspecified atom stereocenters. The molecule has 0 atom stereocenters. The van der Waals surface area contributed by atoms with Crippen LogP contribution in [0, 0.1) is 6.92 Å². The standard InChI is InChI=1S/C19H21BrN4O/c1-12(2)24-18-17(10-21-24)16(9-13(3)22-18)19(25)23(4)11-14-5-7-15(20)8-6-14/h5-10,12H,11H2,1-4H3. The number of nitrogens with zero attached hydrogens (tertiary/aromatic N) is 4. The summed E-state index contributed by atoms with van der Waals surface area (Å²) in [6.45, 7) is 6.56. The third-order valence-corrected chi connectivity index (χ3v) is 4.62. The number of rotatable bonds is 4. The highest BCUT2D eigenvalue weighted by Gasteiger charge is 2.19. The van der Waals surface area contributed by atoms with Crippen LogP contribution in [0.15, 0.2) is 41.0 Å². The molecule has 2 aromatic heterocycles. The van der Waals surface area contributed by atoms with Gasteiger partial charge in [-0.1, -0.05) is 28.1 Å². The second-order valence-corrected chi connectivity index (χ2v) is 7.43. The lowest BCUT2D eigenvalue weighted by Crippen LogP contribution is -2.26. The highest BCUT2D eigenvalue weighted by atomic mass is 79.9. The minimum atomic E-state index is -0.0262. The van der Waals surface area contributed by atoms with Crippen molar-refractivity contribution in [3.8, 4) is 0 Å². The van der Waals surface area contributed by atoms with Crippen molar-refractivity contribution in [2.45, 2.75) is 33.4 Å². The van der Waals surface area contributed by atoms with Crippen LogP contribution in [0.5, 0.6) is 0 Å². The summed E-state index contributed by atoms with van der Waals surface area (Å²) in [6.07, 6.45) is 1.74. The van der Waals surface area contributed by atoms with E-state index in [0.29, 0.717) is 12.1 Å². The number of carbonyl (C=O) groups is 1. The molecule has 1 amide bonds. The predicted molar refractivity (Wildman–Crippen MR) is 103 cm³/mol. The second-order valence-electron chi connectivity index (χ2n) is 6.52. The van der Waals surface area contributed by atoms with Gasteiger partial charge in [0.2, 0.25) is 0 Å². The summed E-state index contributed by atoms with van der Waals surface area (Å²) in [5.74, 6) is -0.0262. The maximum atomic E-state index is 13.0. The molecule has 3 aromatic rings. The van der Waals surface area contributed by atoms with Crippen LogP contribution in [-0.2, 0) is 6.54 Å². The summed E-state index contributed by atoms with van der Waals surface area (Å²) in [6, 6.07) is 10.0. The average molecular weight is 401 g/mol. The van der Waals surface area contributed by atoms with Gasteiger partial charge in [0.15, 0.2) is 5.65 Å². The summed E-state index contributed by atoms with van der Waals surface area (Å²) in [5, 5.41) is 5.21. The molecule has 25 heavy (non-hydrogen) atoms. The van der Waals surface area contributed by atoms with Crippen LogP contribution in [0.25, 0.3) is 11.0 Å². The summed E-state index contributed by atoms with van der Waals surface area (Å²) in [4.78, 5) is 19.3. The first-order valence-corrected chi connectivity index (χ1v) is 9.01. The number of benzene rings is 1. The van der Waals surface area contributed by atoms with Gasteiger partial charge in [-0.3, -0.25) is 4.79 Å². The van der Waals surface area contributed by atoms with Gasteiger partial charge in [-0.2, -0.15) is 5.10 Å². The minimum absolute atomic E-state index is 0.0262. The number of halogens is 1. The van der Waals surface area contributed by atoms with E-state index >= 15 is 0 Å². The van der Waals surface area contributed by atoms with E-state index in [2.05, 4.69) is 39.9 Å². The number of pyridine rings is 1. The molecule has 0 aliphatic rings. The molecule has 0 fully saturated rings. The highest BCUT2D eigenvalue weighted by molar-refractivity contribution is 9.10.